The quantitative estimate of drug-likeness (QED) is 0.844. The van der Waals surface area contributed by atoms with Gasteiger partial charge in [0, 0.05) is 0 Å². The normalized spacial score (nSPS) is 18.4. The van der Waals surface area contributed by atoms with Gasteiger partial charge in [-0.05, 0) is 45.7 Å². The molecule has 1 rings (SSSR count). The number of alkyl halides is 1. The minimum atomic E-state index is -4.20. The second-order valence-corrected chi connectivity index (χ2v) is 11.0. The third kappa shape index (κ3) is 4.39. The highest BCUT2D eigenvalue weighted by Crippen LogP contribution is 2.32. The van der Waals surface area contributed by atoms with Crippen LogP contribution in [0.2, 0.25) is 0 Å². The van der Waals surface area contributed by atoms with Crippen LogP contribution in [0.1, 0.15) is 41.5 Å². The Kier molecular flexibility index (Phi) is 6.15. The van der Waals surface area contributed by atoms with E-state index in [1.807, 2.05) is 0 Å². The van der Waals surface area contributed by atoms with Gasteiger partial charge in [-0.25, -0.2) is 21.7 Å². The molecular weight excluding hydrogens is 337 g/mol. The van der Waals surface area contributed by atoms with Gasteiger partial charge in [-0.3, -0.25) is 0 Å². The molecule has 0 aliphatic heterocycles. The Balaban J connectivity index is 3.27. The molecule has 0 spiro atoms. The van der Waals surface area contributed by atoms with Crippen LogP contribution >= 0.6 is 0 Å². The van der Waals surface area contributed by atoms with Gasteiger partial charge in [-0.2, -0.15) is 0 Å². The smallest absolute Gasteiger partial charge is 0.224 e. The Morgan fingerprint density at radius 3 is 1.96 bits per heavy atom. The largest absolute Gasteiger partial charge is 0.242 e. The van der Waals surface area contributed by atoms with Crippen LogP contribution in [-0.2, 0) is 20.8 Å². The van der Waals surface area contributed by atoms with E-state index in [2.05, 4.69) is 4.72 Å². The molecule has 4 nitrogen and oxygen atoms in total. The standard InChI is InChI=1S/C16H26FNO3S2/c1-12(2)16(6,18-22(19)15(3,4)5)14(17)23(20,21)13-10-8-7-9-11-13/h7-12,14,18H,1-6H3/t14-,16-,22?/m1/s1. The highest BCUT2D eigenvalue weighted by molar-refractivity contribution is 7.92. The van der Waals surface area contributed by atoms with Gasteiger partial charge in [-0.15, -0.1) is 0 Å². The lowest BCUT2D eigenvalue weighted by atomic mass is 9.91. The predicted molar refractivity (Wildman–Crippen MR) is 92.8 cm³/mol. The van der Waals surface area contributed by atoms with Crippen LogP contribution in [-0.4, -0.2) is 28.4 Å². The first-order valence-electron chi connectivity index (χ1n) is 7.46. The van der Waals surface area contributed by atoms with E-state index in [-0.39, 0.29) is 10.8 Å². The van der Waals surface area contributed by atoms with E-state index in [4.69, 9.17) is 0 Å². The molecule has 0 fully saturated rings. The molecule has 3 atom stereocenters. The van der Waals surface area contributed by atoms with Crippen LogP contribution < -0.4 is 4.72 Å². The van der Waals surface area contributed by atoms with Gasteiger partial charge in [0.15, 0.2) is 0 Å². The molecular formula is C16H26FNO3S2. The lowest BCUT2D eigenvalue weighted by molar-refractivity contribution is 0.199. The van der Waals surface area contributed by atoms with E-state index >= 15 is 4.39 Å². The molecule has 0 aliphatic rings. The number of benzene rings is 1. The average Bonchev–Trinajstić information content (AvgIpc) is 2.45. The Labute approximate surface area is 141 Å². The first-order valence-corrected chi connectivity index (χ1v) is 10.2. The van der Waals surface area contributed by atoms with Crippen molar-refractivity contribution in [3.63, 3.8) is 0 Å². The molecule has 1 aromatic rings. The summed E-state index contributed by atoms with van der Waals surface area (Å²) in [5.41, 5.74) is -3.70. The second kappa shape index (κ2) is 6.99. The molecule has 132 valence electrons. The fourth-order valence-electron chi connectivity index (χ4n) is 1.83. The third-order valence-corrected chi connectivity index (χ3v) is 7.59. The number of hydrogen-bond acceptors (Lipinski definition) is 3. The van der Waals surface area contributed by atoms with Crippen LogP contribution in [0, 0.1) is 5.92 Å². The van der Waals surface area contributed by atoms with E-state index in [1.165, 1.54) is 19.1 Å². The summed E-state index contributed by atoms with van der Waals surface area (Å²) in [4.78, 5) is -0.0808. The Morgan fingerprint density at radius 1 is 1.09 bits per heavy atom. The fraction of sp³-hybridized carbons (Fsp3) is 0.625. The maximum atomic E-state index is 15.1. The van der Waals surface area contributed by atoms with E-state index in [9.17, 15) is 12.6 Å². The molecule has 0 heterocycles. The Bertz CT molecular complexity index is 654. The zero-order chi connectivity index (χ0) is 18.1. The monoisotopic (exact) mass is 363 g/mol. The summed E-state index contributed by atoms with van der Waals surface area (Å²) in [6.07, 6.45) is 0. The van der Waals surface area contributed by atoms with Gasteiger partial charge in [0.25, 0.3) is 0 Å². The summed E-state index contributed by atoms with van der Waals surface area (Å²) in [6.45, 7) is 10.1. The zero-order valence-corrected chi connectivity index (χ0v) is 16.1. The molecule has 0 amide bonds. The van der Waals surface area contributed by atoms with Gasteiger partial charge in [0.1, 0.15) is 0 Å². The average molecular weight is 364 g/mol. The lowest BCUT2D eigenvalue weighted by Crippen LogP contribution is -2.59. The number of sulfone groups is 1. The van der Waals surface area contributed by atoms with Gasteiger partial charge >= 0.3 is 0 Å². The van der Waals surface area contributed by atoms with Gasteiger partial charge in [0.05, 0.1) is 26.2 Å². The summed E-state index contributed by atoms with van der Waals surface area (Å²) in [7, 11) is -5.79. The Morgan fingerprint density at radius 2 is 1.57 bits per heavy atom. The molecule has 1 unspecified atom stereocenters. The molecule has 0 aliphatic carbocycles. The maximum Gasteiger partial charge on any atom is 0.224 e. The minimum absolute atomic E-state index is 0.0808. The number of nitrogens with one attached hydrogen (secondary N) is 1. The Hall–Kier alpha value is -0.790. The highest BCUT2D eigenvalue weighted by Gasteiger charge is 2.48. The zero-order valence-electron chi connectivity index (χ0n) is 14.5. The van der Waals surface area contributed by atoms with Gasteiger partial charge in [0.2, 0.25) is 15.3 Å². The first kappa shape index (κ1) is 20.3. The van der Waals surface area contributed by atoms with Crippen molar-refractivity contribution >= 4 is 20.8 Å². The van der Waals surface area contributed by atoms with E-state index in [0.29, 0.717) is 0 Å². The summed E-state index contributed by atoms with van der Waals surface area (Å²) < 4.78 is 54.8. The molecule has 0 saturated carbocycles. The SMILES string of the molecule is CC(C)[C@@](C)(NS(=O)C(C)(C)C)[C@H](F)S(=O)(=O)c1ccccc1. The summed E-state index contributed by atoms with van der Waals surface area (Å²) in [6, 6.07) is 7.49. The summed E-state index contributed by atoms with van der Waals surface area (Å²) in [5.74, 6) is -0.387. The van der Waals surface area contributed by atoms with Crippen molar-refractivity contribution in [3.8, 4) is 0 Å². The molecule has 7 heteroatoms. The minimum Gasteiger partial charge on any atom is -0.242 e. The van der Waals surface area contributed by atoms with E-state index < -0.39 is 36.6 Å². The number of halogens is 1. The topological polar surface area (TPSA) is 63.2 Å². The van der Waals surface area contributed by atoms with Crippen LogP contribution in [0.4, 0.5) is 4.39 Å². The van der Waals surface area contributed by atoms with Crippen LogP contribution in [0.15, 0.2) is 35.2 Å². The molecule has 1 N–H and O–H groups in total. The van der Waals surface area contributed by atoms with Crippen LogP contribution in [0.25, 0.3) is 0 Å². The second-order valence-electron chi connectivity index (χ2n) is 7.09. The maximum absolute atomic E-state index is 15.1. The first-order chi connectivity index (χ1) is 10.3. The lowest BCUT2D eigenvalue weighted by Gasteiger charge is -2.38. The van der Waals surface area contributed by atoms with Crippen molar-refractivity contribution in [1.29, 1.82) is 0 Å². The molecule has 1 aromatic carbocycles. The molecule has 0 aromatic heterocycles. The number of hydrogen-bond donors (Lipinski definition) is 1. The van der Waals surface area contributed by atoms with Crippen molar-refractivity contribution < 1.29 is 17.0 Å². The van der Waals surface area contributed by atoms with Crippen molar-refractivity contribution in [2.24, 2.45) is 5.92 Å². The summed E-state index contributed by atoms with van der Waals surface area (Å²) >= 11 is 0. The van der Waals surface area contributed by atoms with Crippen LogP contribution in [0.3, 0.4) is 0 Å². The summed E-state index contributed by atoms with van der Waals surface area (Å²) in [5, 5.41) is 0. The molecule has 0 bridgehead atoms. The van der Waals surface area contributed by atoms with Gasteiger partial charge in [-0.1, -0.05) is 32.0 Å². The van der Waals surface area contributed by atoms with Crippen molar-refractivity contribution in [3.05, 3.63) is 30.3 Å². The molecule has 23 heavy (non-hydrogen) atoms. The van der Waals surface area contributed by atoms with Gasteiger partial charge < -0.3 is 0 Å². The predicted octanol–water partition coefficient (Wildman–Crippen LogP) is 3.22. The molecule has 0 radical (unpaired) electrons. The molecule has 0 saturated heterocycles. The van der Waals surface area contributed by atoms with Crippen molar-refractivity contribution in [1.82, 2.24) is 4.72 Å². The van der Waals surface area contributed by atoms with Crippen molar-refractivity contribution in [2.75, 3.05) is 0 Å². The number of rotatable bonds is 6. The van der Waals surface area contributed by atoms with Crippen molar-refractivity contribution in [2.45, 2.75) is 62.2 Å². The van der Waals surface area contributed by atoms with Crippen LogP contribution in [0.5, 0.6) is 0 Å². The third-order valence-electron chi connectivity index (χ3n) is 3.88. The van der Waals surface area contributed by atoms with E-state index in [0.717, 1.165) is 0 Å². The van der Waals surface area contributed by atoms with E-state index in [1.54, 1.807) is 52.8 Å². The fourth-order valence-corrected chi connectivity index (χ4v) is 4.70. The highest BCUT2D eigenvalue weighted by atomic mass is 32.2.